The lowest BCUT2D eigenvalue weighted by atomic mass is 10.2. The zero-order valence-corrected chi connectivity index (χ0v) is 15.1. The number of aromatic nitrogens is 4. The third-order valence-electron chi connectivity index (χ3n) is 3.89. The monoisotopic (exact) mass is 383 g/mol. The molecule has 0 aliphatic carbocycles. The molecule has 0 radical (unpaired) electrons. The minimum absolute atomic E-state index is 0.0498. The van der Waals surface area contributed by atoms with Gasteiger partial charge in [-0.1, -0.05) is 13.3 Å². The number of halogens is 1. The fraction of sp³-hybridized carbons (Fsp3) is 0.667. The van der Waals surface area contributed by atoms with Crippen LogP contribution in [-0.4, -0.2) is 39.8 Å². The van der Waals surface area contributed by atoms with E-state index < -0.39 is 0 Å². The lowest BCUT2D eigenvalue weighted by molar-refractivity contribution is -0.0311. The van der Waals surface area contributed by atoms with Crippen LogP contribution in [0.5, 0.6) is 6.01 Å². The molecule has 2 aromatic heterocycles. The molecule has 1 fully saturated rings. The van der Waals surface area contributed by atoms with Crippen molar-refractivity contribution < 1.29 is 9.47 Å². The SMILES string of the molecule is CCCCOc1nc(NC)c2nc(Br)n(C3CCCCO3)c2n1. The van der Waals surface area contributed by atoms with Gasteiger partial charge in [-0.25, -0.2) is 4.98 Å². The van der Waals surface area contributed by atoms with Gasteiger partial charge in [0.1, 0.15) is 6.23 Å². The first-order valence-corrected chi connectivity index (χ1v) is 8.91. The fourth-order valence-corrected chi connectivity index (χ4v) is 3.23. The first kappa shape index (κ1) is 16.4. The lowest BCUT2D eigenvalue weighted by Gasteiger charge is -2.24. The number of rotatable bonds is 6. The molecule has 8 heteroatoms. The highest BCUT2D eigenvalue weighted by atomic mass is 79.9. The molecular formula is C15H22BrN5O2. The van der Waals surface area contributed by atoms with Gasteiger partial charge in [0, 0.05) is 13.7 Å². The van der Waals surface area contributed by atoms with E-state index in [9.17, 15) is 0 Å². The van der Waals surface area contributed by atoms with E-state index in [0.717, 1.165) is 49.9 Å². The highest BCUT2D eigenvalue weighted by molar-refractivity contribution is 9.10. The molecule has 0 aromatic carbocycles. The summed E-state index contributed by atoms with van der Waals surface area (Å²) in [6.07, 6.45) is 5.19. The second kappa shape index (κ2) is 7.44. The molecule has 1 aliphatic rings. The van der Waals surface area contributed by atoms with Crippen LogP contribution in [0, 0.1) is 0 Å². The summed E-state index contributed by atoms with van der Waals surface area (Å²) in [5.41, 5.74) is 1.45. The van der Waals surface area contributed by atoms with Crippen LogP contribution in [0.1, 0.15) is 45.3 Å². The summed E-state index contributed by atoms with van der Waals surface area (Å²) in [4.78, 5) is 13.5. The molecule has 0 bridgehead atoms. The Morgan fingerprint density at radius 3 is 2.91 bits per heavy atom. The van der Waals surface area contributed by atoms with Crippen LogP contribution < -0.4 is 10.1 Å². The number of nitrogens with one attached hydrogen (secondary N) is 1. The number of fused-ring (bicyclic) bond motifs is 1. The summed E-state index contributed by atoms with van der Waals surface area (Å²) in [6, 6.07) is 0.375. The van der Waals surface area contributed by atoms with Crippen LogP contribution in [0.15, 0.2) is 4.73 Å². The molecule has 0 saturated carbocycles. The quantitative estimate of drug-likeness (QED) is 0.607. The molecule has 126 valence electrons. The van der Waals surface area contributed by atoms with Crippen molar-refractivity contribution >= 4 is 32.9 Å². The Kier molecular flexibility index (Phi) is 5.32. The topological polar surface area (TPSA) is 74.1 Å². The standard InChI is InChI=1S/C15H22BrN5O2/c1-3-4-8-23-15-19-12(17-2)11-13(20-15)21(14(16)18-11)10-7-5-6-9-22-10/h10H,3-9H2,1-2H3,(H,17,19,20). The minimum atomic E-state index is -0.0498. The van der Waals surface area contributed by atoms with E-state index in [1.54, 1.807) is 0 Å². The summed E-state index contributed by atoms with van der Waals surface area (Å²) in [6.45, 7) is 3.50. The van der Waals surface area contributed by atoms with Crippen LogP contribution in [-0.2, 0) is 4.74 Å². The summed E-state index contributed by atoms with van der Waals surface area (Å²) in [5.74, 6) is 0.664. The van der Waals surface area contributed by atoms with Gasteiger partial charge in [0.25, 0.3) is 0 Å². The Labute approximate surface area is 143 Å². The normalized spacial score (nSPS) is 18.3. The smallest absolute Gasteiger partial charge is 0.320 e. The summed E-state index contributed by atoms with van der Waals surface area (Å²) < 4.78 is 14.3. The molecule has 1 N–H and O–H groups in total. The molecule has 1 aliphatic heterocycles. The summed E-state index contributed by atoms with van der Waals surface area (Å²) in [5, 5.41) is 3.08. The van der Waals surface area contributed by atoms with Crippen molar-refractivity contribution in [3.05, 3.63) is 4.73 Å². The highest BCUT2D eigenvalue weighted by Crippen LogP contribution is 2.32. The highest BCUT2D eigenvalue weighted by Gasteiger charge is 2.24. The average Bonchev–Trinajstić information content (AvgIpc) is 2.91. The predicted octanol–water partition coefficient (Wildman–Crippen LogP) is 3.51. The Hall–Kier alpha value is -1.41. The lowest BCUT2D eigenvalue weighted by Crippen LogP contribution is -2.19. The van der Waals surface area contributed by atoms with Crippen molar-refractivity contribution in [2.45, 2.75) is 45.3 Å². The van der Waals surface area contributed by atoms with Gasteiger partial charge in [0.2, 0.25) is 0 Å². The molecule has 3 rings (SSSR count). The van der Waals surface area contributed by atoms with Gasteiger partial charge in [-0.3, -0.25) is 4.57 Å². The molecule has 0 spiro atoms. The van der Waals surface area contributed by atoms with Crippen molar-refractivity contribution in [2.24, 2.45) is 0 Å². The second-order valence-electron chi connectivity index (χ2n) is 5.55. The number of imidazole rings is 1. The molecular weight excluding hydrogens is 362 g/mol. The number of anilines is 1. The summed E-state index contributed by atoms with van der Waals surface area (Å²) >= 11 is 3.53. The van der Waals surface area contributed by atoms with Crippen LogP contribution in [0.4, 0.5) is 5.82 Å². The molecule has 23 heavy (non-hydrogen) atoms. The third-order valence-corrected chi connectivity index (χ3v) is 4.45. The number of nitrogens with zero attached hydrogens (tertiary/aromatic N) is 4. The first-order chi connectivity index (χ1) is 11.2. The van der Waals surface area contributed by atoms with E-state index in [1.807, 2.05) is 11.6 Å². The van der Waals surface area contributed by atoms with Crippen molar-refractivity contribution in [1.82, 2.24) is 19.5 Å². The Morgan fingerprint density at radius 2 is 2.22 bits per heavy atom. The maximum atomic E-state index is 5.89. The molecule has 3 heterocycles. The van der Waals surface area contributed by atoms with Gasteiger partial charge in [0.05, 0.1) is 6.61 Å². The number of hydrogen-bond donors (Lipinski definition) is 1. The minimum Gasteiger partial charge on any atom is -0.463 e. The summed E-state index contributed by atoms with van der Waals surface area (Å²) in [7, 11) is 1.82. The van der Waals surface area contributed by atoms with E-state index in [-0.39, 0.29) is 6.23 Å². The van der Waals surface area contributed by atoms with E-state index >= 15 is 0 Å². The molecule has 7 nitrogen and oxygen atoms in total. The van der Waals surface area contributed by atoms with Crippen LogP contribution in [0.25, 0.3) is 11.2 Å². The number of hydrogen-bond acceptors (Lipinski definition) is 6. The van der Waals surface area contributed by atoms with Gasteiger partial charge in [-0.15, -0.1) is 0 Å². The van der Waals surface area contributed by atoms with Crippen molar-refractivity contribution in [3.8, 4) is 6.01 Å². The van der Waals surface area contributed by atoms with Gasteiger partial charge in [-0.2, -0.15) is 9.97 Å². The fourth-order valence-electron chi connectivity index (χ4n) is 2.66. The predicted molar refractivity (Wildman–Crippen MR) is 91.8 cm³/mol. The molecule has 0 amide bonds. The van der Waals surface area contributed by atoms with E-state index in [4.69, 9.17) is 9.47 Å². The van der Waals surface area contributed by atoms with Gasteiger partial charge < -0.3 is 14.8 Å². The maximum absolute atomic E-state index is 5.89. The Morgan fingerprint density at radius 1 is 1.35 bits per heavy atom. The van der Waals surface area contributed by atoms with Crippen molar-refractivity contribution in [2.75, 3.05) is 25.6 Å². The van der Waals surface area contributed by atoms with Crippen LogP contribution in [0.2, 0.25) is 0 Å². The van der Waals surface area contributed by atoms with Crippen molar-refractivity contribution in [3.63, 3.8) is 0 Å². The average molecular weight is 384 g/mol. The second-order valence-corrected chi connectivity index (χ2v) is 6.26. The van der Waals surface area contributed by atoms with Crippen LogP contribution in [0.3, 0.4) is 0 Å². The number of unbranched alkanes of at least 4 members (excludes halogenated alkanes) is 1. The molecule has 1 saturated heterocycles. The van der Waals surface area contributed by atoms with E-state index in [2.05, 4.69) is 43.1 Å². The van der Waals surface area contributed by atoms with Gasteiger partial charge >= 0.3 is 6.01 Å². The van der Waals surface area contributed by atoms with Crippen molar-refractivity contribution in [1.29, 1.82) is 0 Å². The third kappa shape index (κ3) is 3.42. The Balaban J connectivity index is 2.01. The molecule has 2 aromatic rings. The zero-order valence-electron chi connectivity index (χ0n) is 13.5. The van der Waals surface area contributed by atoms with E-state index in [0.29, 0.717) is 23.2 Å². The zero-order chi connectivity index (χ0) is 16.2. The van der Waals surface area contributed by atoms with E-state index in [1.165, 1.54) is 0 Å². The number of ether oxygens (including phenoxy) is 2. The molecule has 1 atom stereocenters. The van der Waals surface area contributed by atoms with Gasteiger partial charge in [-0.05, 0) is 41.6 Å². The molecule has 1 unspecified atom stereocenters. The largest absolute Gasteiger partial charge is 0.463 e. The van der Waals surface area contributed by atoms with Crippen LogP contribution >= 0.6 is 15.9 Å². The maximum Gasteiger partial charge on any atom is 0.320 e. The Bertz CT molecular complexity index is 669. The van der Waals surface area contributed by atoms with Gasteiger partial charge in [0.15, 0.2) is 21.7 Å². The first-order valence-electron chi connectivity index (χ1n) is 8.12.